The van der Waals surface area contributed by atoms with Gasteiger partial charge in [-0.15, -0.1) is 5.10 Å². The van der Waals surface area contributed by atoms with Crippen LogP contribution < -0.4 is 0 Å². The number of sulfone groups is 1. The summed E-state index contributed by atoms with van der Waals surface area (Å²) in [4.78, 5) is 8.24. The fraction of sp³-hybridized carbons (Fsp3) is 0.214. The molecule has 8 heteroatoms. The summed E-state index contributed by atoms with van der Waals surface area (Å²) in [5, 5.41) is 4.41. The van der Waals surface area contributed by atoms with Crippen LogP contribution in [-0.4, -0.2) is 28.0 Å². The number of nitrogens with zero attached hydrogens (tertiary/aromatic N) is 4. The van der Waals surface area contributed by atoms with Crippen LogP contribution in [0.5, 0.6) is 0 Å². The van der Waals surface area contributed by atoms with Gasteiger partial charge < -0.3 is 0 Å². The summed E-state index contributed by atoms with van der Waals surface area (Å²) in [6.45, 7) is 3.65. The molecule has 0 aliphatic heterocycles. The lowest BCUT2D eigenvalue weighted by molar-refractivity contribution is 0.586. The van der Waals surface area contributed by atoms with E-state index < -0.39 is 9.84 Å². The lowest BCUT2D eigenvalue weighted by atomic mass is 10.2. The van der Waals surface area contributed by atoms with Crippen LogP contribution in [0.1, 0.15) is 17.0 Å². The first kappa shape index (κ1) is 14.9. The van der Waals surface area contributed by atoms with Crippen LogP contribution in [0.2, 0.25) is 5.02 Å². The van der Waals surface area contributed by atoms with E-state index in [2.05, 4.69) is 15.1 Å². The van der Waals surface area contributed by atoms with Crippen LogP contribution >= 0.6 is 11.6 Å². The molecule has 0 saturated heterocycles. The first-order chi connectivity index (χ1) is 10.3. The SMILES string of the molecule is Cc1cc(C)n2nc(S(=O)(=O)Cc3ccc(Cl)cc3)nc2n1. The molecule has 0 spiro atoms. The summed E-state index contributed by atoms with van der Waals surface area (Å²) in [6.07, 6.45) is 0. The Labute approximate surface area is 132 Å². The van der Waals surface area contributed by atoms with Crippen molar-refractivity contribution in [2.24, 2.45) is 0 Å². The Bertz CT molecular complexity index is 949. The second-order valence-electron chi connectivity index (χ2n) is 5.03. The third-order valence-corrected chi connectivity index (χ3v) is 4.84. The van der Waals surface area contributed by atoms with Crippen molar-refractivity contribution in [1.82, 2.24) is 19.6 Å². The van der Waals surface area contributed by atoms with Crippen molar-refractivity contribution in [1.29, 1.82) is 0 Å². The highest BCUT2D eigenvalue weighted by atomic mass is 35.5. The molecule has 2 aromatic heterocycles. The summed E-state index contributed by atoms with van der Waals surface area (Å²) in [6, 6.07) is 8.46. The Hall–Kier alpha value is -1.99. The second-order valence-corrected chi connectivity index (χ2v) is 7.35. The van der Waals surface area contributed by atoms with Crippen molar-refractivity contribution < 1.29 is 8.42 Å². The van der Waals surface area contributed by atoms with Crippen LogP contribution in [0.25, 0.3) is 5.78 Å². The minimum Gasteiger partial charge on any atom is -0.220 e. The molecule has 6 nitrogen and oxygen atoms in total. The molecule has 114 valence electrons. The lowest BCUT2D eigenvalue weighted by Gasteiger charge is -2.00. The predicted octanol–water partition coefficient (Wildman–Crippen LogP) is 2.37. The average molecular weight is 337 g/mol. The Balaban J connectivity index is 2.02. The Morgan fingerprint density at radius 3 is 2.50 bits per heavy atom. The van der Waals surface area contributed by atoms with Crippen LogP contribution in [0, 0.1) is 13.8 Å². The minimum atomic E-state index is -3.64. The van der Waals surface area contributed by atoms with E-state index in [1.807, 2.05) is 19.9 Å². The van der Waals surface area contributed by atoms with Crippen molar-refractivity contribution in [3.05, 3.63) is 52.3 Å². The highest BCUT2D eigenvalue weighted by Gasteiger charge is 2.22. The molecule has 0 radical (unpaired) electrons. The molecule has 0 atom stereocenters. The molecule has 1 aromatic carbocycles. The first-order valence-electron chi connectivity index (χ1n) is 6.53. The molecule has 0 aliphatic rings. The standard InChI is InChI=1S/C14H13ClN4O2S/c1-9-7-10(2)19-13(16-9)17-14(18-19)22(20,21)8-11-3-5-12(15)6-4-11/h3-7H,8H2,1-2H3. The number of halogens is 1. The Morgan fingerprint density at radius 1 is 1.14 bits per heavy atom. The zero-order valence-electron chi connectivity index (χ0n) is 12.0. The van der Waals surface area contributed by atoms with Gasteiger partial charge in [0.05, 0.1) is 5.75 Å². The average Bonchev–Trinajstić information content (AvgIpc) is 2.86. The molecular weight excluding hydrogens is 324 g/mol. The van der Waals surface area contributed by atoms with Crippen LogP contribution in [-0.2, 0) is 15.6 Å². The van der Waals surface area contributed by atoms with E-state index >= 15 is 0 Å². The van der Waals surface area contributed by atoms with Crippen molar-refractivity contribution in [2.45, 2.75) is 24.8 Å². The van der Waals surface area contributed by atoms with Gasteiger partial charge in [-0.2, -0.15) is 4.98 Å². The molecule has 0 saturated carbocycles. The monoisotopic (exact) mass is 336 g/mol. The minimum absolute atomic E-state index is 0.181. The van der Waals surface area contributed by atoms with Gasteiger partial charge in [-0.3, -0.25) is 0 Å². The van der Waals surface area contributed by atoms with E-state index in [-0.39, 0.29) is 16.7 Å². The molecule has 0 amide bonds. The molecule has 2 heterocycles. The maximum Gasteiger partial charge on any atom is 0.269 e. The van der Waals surface area contributed by atoms with E-state index in [4.69, 9.17) is 11.6 Å². The van der Waals surface area contributed by atoms with Crippen LogP contribution in [0.3, 0.4) is 0 Å². The van der Waals surface area contributed by atoms with E-state index in [1.54, 1.807) is 24.3 Å². The fourth-order valence-corrected chi connectivity index (χ4v) is 3.46. The van der Waals surface area contributed by atoms with E-state index in [0.29, 0.717) is 10.6 Å². The smallest absolute Gasteiger partial charge is 0.220 e. The predicted molar refractivity (Wildman–Crippen MR) is 82.6 cm³/mol. The van der Waals surface area contributed by atoms with Gasteiger partial charge in [-0.25, -0.2) is 17.9 Å². The zero-order chi connectivity index (χ0) is 15.9. The van der Waals surface area contributed by atoms with Gasteiger partial charge in [-0.1, -0.05) is 23.7 Å². The number of hydrogen-bond acceptors (Lipinski definition) is 5. The summed E-state index contributed by atoms with van der Waals surface area (Å²) in [7, 11) is -3.64. The van der Waals surface area contributed by atoms with Crippen molar-refractivity contribution in [3.8, 4) is 0 Å². The Kier molecular flexibility index (Phi) is 3.62. The van der Waals surface area contributed by atoms with Gasteiger partial charge in [-0.05, 0) is 37.6 Å². The topological polar surface area (TPSA) is 77.2 Å². The van der Waals surface area contributed by atoms with Gasteiger partial charge in [0.15, 0.2) is 0 Å². The number of benzene rings is 1. The highest BCUT2D eigenvalue weighted by molar-refractivity contribution is 7.90. The normalized spacial score (nSPS) is 12.0. The lowest BCUT2D eigenvalue weighted by Crippen LogP contribution is -2.07. The second kappa shape index (κ2) is 5.33. The fourth-order valence-electron chi connectivity index (χ4n) is 2.14. The molecule has 3 rings (SSSR count). The van der Waals surface area contributed by atoms with E-state index in [1.165, 1.54) is 4.52 Å². The molecule has 0 N–H and O–H groups in total. The molecule has 0 aliphatic carbocycles. The molecule has 0 unspecified atom stereocenters. The number of rotatable bonds is 3. The third kappa shape index (κ3) is 2.82. The van der Waals surface area contributed by atoms with Gasteiger partial charge in [0.2, 0.25) is 9.84 Å². The molecule has 22 heavy (non-hydrogen) atoms. The third-order valence-electron chi connectivity index (χ3n) is 3.15. The van der Waals surface area contributed by atoms with Gasteiger partial charge in [0, 0.05) is 16.4 Å². The van der Waals surface area contributed by atoms with Crippen molar-refractivity contribution in [3.63, 3.8) is 0 Å². The first-order valence-corrected chi connectivity index (χ1v) is 8.56. The maximum absolute atomic E-state index is 12.5. The van der Waals surface area contributed by atoms with Crippen molar-refractivity contribution >= 4 is 27.2 Å². The molecular formula is C14H13ClN4O2S. The van der Waals surface area contributed by atoms with Crippen LogP contribution in [0.4, 0.5) is 0 Å². The van der Waals surface area contributed by atoms with Gasteiger partial charge in [0.25, 0.3) is 10.9 Å². The van der Waals surface area contributed by atoms with Crippen LogP contribution in [0.15, 0.2) is 35.5 Å². The largest absolute Gasteiger partial charge is 0.269 e. The highest BCUT2D eigenvalue weighted by Crippen LogP contribution is 2.17. The Morgan fingerprint density at radius 2 is 1.82 bits per heavy atom. The summed E-state index contributed by atoms with van der Waals surface area (Å²) < 4.78 is 26.3. The van der Waals surface area contributed by atoms with E-state index in [0.717, 1.165) is 11.4 Å². The summed E-state index contributed by atoms with van der Waals surface area (Å²) in [5.74, 6) is 0.103. The van der Waals surface area contributed by atoms with Crippen molar-refractivity contribution in [2.75, 3.05) is 0 Å². The maximum atomic E-state index is 12.5. The summed E-state index contributed by atoms with van der Waals surface area (Å²) in [5.41, 5.74) is 2.17. The quantitative estimate of drug-likeness (QED) is 0.733. The number of aromatic nitrogens is 4. The van der Waals surface area contributed by atoms with E-state index in [9.17, 15) is 8.42 Å². The molecule has 0 fully saturated rings. The number of fused-ring (bicyclic) bond motifs is 1. The molecule has 3 aromatic rings. The van der Waals surface area contributed by atoms with Gasteiger partial charge >= 0.3 is 0 Å². The van der Waals surface area contributed by atoms with Gasteiger partial charge in [0.1, 0.15) is 0 Å². The zero-order valence-corrected chi connectivity index (χ0v) is 13.6. The number of aryl methyl sites for hydroxylation is 2. The molecule has 0 bridgehead atoms. The summed E-state index contributed by atoms with van der Waals surface area (Å²) >= 11 is 5.80. The number of hydrogen-bond donors (Lipinski definition) is 0.